The Labute approximate surface area is 256 Å². The molecule has 228 valence electrons. The zero-order chi connectivity index (χ0) is 30.6. The van der Waals surface area contributed by atoms with Crippen molar-refractivity contribution in [1.29, 1.82) is 0 Å². The summed E-state index contributed by atoms with van der Waals surface area (Å²) in [7, 11) is 3.49. The van der Waals surface area contributed by atoms with Crippen molar-refractivity contribution in [3.63, 3.8) is 0 Å². The summed E-state index contributed by atoms with van der Waals surface area (Å²) in [5.41, 5.74) is 6.54. The third kappa shape index (κ3) is 6.46. The molecule has 2 amide bonds. The van der Waals surface area contributed by atoms with Crippen molar-refractivity contribution in [3.8, 4) is 11.5 Å². The molecule has 2 atom stereocenters. The molecule has 3 N–H and O–H groups in total. The molecule has 0 spiro atoms. The zero-order valence-electron chi connectivity index (χ0n) is 25.0. The Morgan fingerprint density at radius 3 is 2.55 bits per heavy atom. The van der Waals surface area contributed by atoms with Gasteiger partial charge in [0, 0.05) is 56.6 Å². The first kappa shape index (κ1) is 29.4. The molecule has 0 radical (unpaired) electrons. The van der Waals surface area contributed by atoms with Crippen LogP contribution < -0.4 is 20.1 Å². The van der Waals surface area contributed by atoms with E-state index in [0.29, 0.717) is 56.0 Å². The molecular formula is C34H37N5O5. The van der Waals surface area contributed by atoms with E-state index in [1.54, 1.807) is 48.3 Å². The van der Waals surface area contributed by atoms with E-state index in [1.165, 1.54) is 0 Å². The summed E-state index contributed by atoms with van der Waals surface area (Å²) >= 11 is 0. The molecule has 10 nitrogen and oxygen atoms in total. The van der Waals surface area contributed by atoms with Crippen LogP contribution in [0.3, 0.4) is 0 Å². The largest absolute Gasteiger partial charge is 0.497 e. The van der Waals surface area contributed by atoms with E-state index in [2.05, 4.69) is 15.7 Å². The van der Waals surface area contributed by atoms with Crippen molar-refractivity contribution in [2.45, 2.75) is 44.7 Å². The monoisotopic (exact) mass is 595 g/mol. The van der Waals surface area contributed by atoms with Gasteiger partial charge in [0.05, 0.1) is 18.9 Å². The van der Waals surface area contributed by atoms with Gasteiger partial charge in [-0.25, -0.2) is 0 Å². The number of aryl methyl sites for hydroxylation is 1. The molecule has 0 bridgehead atoms. The van der Waals surface area contributed by atoms with Gasteiger partial charge in [-0.05, 0) is 89.7 Å². The highest BCUT2D eigenvalue weighted by Gasteiger charge is 2.26. The van der Waals surface area contributed by atoms with Crippen molar-refractivity contribution in [3.05, 3.63) is 112 Å². The van der Waals surface area contributed by atoms with Crippen LogP contribution in [0.4, 0.5) is 0 Å². The molecule has 0 fully saturated rings. The van der Waals surface area contributed by atoms with Crippen molar-refractivity contribution in [2.75, 3.05) is 20.2 Å². The van der Waals surface area contributed by atoms with Gasteiger partial charge in [-0.3, -0.25) is 14.3 Å². The SMILES string of the molecule is COc1ccc(C(=O)N2CCc3cc(C(=O)NC[C@@H](O)[C@@H]4Cc5ccc(OCc6ccnn6C)cc5CN4)ccc3C2)cc1. The number of ether oxygens (including phenoxy) is 2. The first-order valence-electron chi connectivity index (χ1n) is 14.8. The Hall–Kier alpha value is -4.67. The number of fused-ring (bicyclic) bond motifs is 2. The number of aliphatic hydroxyl groups is 1. The van der Waals surface area contributed by atoms with Gasteiger partial charge in [0.15, 0.2) is 0 Å². The van der Waals surface area contributed by atoms with Gasteiger partial charge in [-0.2, -0.15) is 5.10 Å². The minimum Gasteiger partial charge on any atom is -0.497 e. The molecule has 0 saturated heterocycles. The molecule has 2 aliphatic heterocycles. The first-order chi connectivity index (χ1) is 21.4. The topological polar surface area (TPSA) is 118 Å². The normalized spacial score (nSPS) is 16.4. The van der Waals surface area contributed by atoms with E-state index >= 15 is 0 Å². The number of hydrogen-bond donors (Lipinski definition) is 3. The quantitative estimate of drug-likeness (QED) is 0.272. The van der Waals surface area contributed by atoms with Crippen LogP contribution in [0.25, 0.3) is 0 Å². The Morgan fingerprint density at radius 1 is 1.00 bits per heavy atom. The first-order valence-corrected chi connectivity index (χ1v) is 14.8. The third-order valence-electron chi connectivity index (χ3n) is 8.52. The molecule has 3 aromatic carbocycles. The van der Waals surface area contributed by atoms with Crippen molar-refractivity contribution in [2.24, 2.45) is 7.05 Å². The Morgan fingerprint density at radius 2 is 1.77 bits per heavy atom. The molecule has 0 unspecified atom stereocenters. The number of benzene rings is 3. The molecule has 10 heteroatoms. The summed E-state index contributed by atoms with van der Waals surface area (Å²) in [6, 6.07) is 20.5. The maximum absolute atomic E-state index is 13.0. The van der Waals surface area contributed by atoms with Gasteiger partial charge in [0.2, 0.25) is 0 Å². The van der Waals surface area contributed by atoms with Crippen LogP contribution in [0.5, 0.6) is 11.5 Å². The highest BCUT2D eigenvalue weighted by molar-refractivity contribution is 5.95. The molecule has 0 aliphatic carbocycles. The van der Waals surface area contributed by atoms with Gasteiger partial charge >= 0.3 is 0 Å². The highest BCUT2D eigenvalue weighted by atomic mass is 16.5. The van der Waals surface area contributed by atoms with Crippen LogP contribution in [0.15, 0.2) is 72.9 Å². The number of amides is 2. The molecule has 6 rings (SSSR count). The van der Waals surface area contributed by atoms with E-state index in [-0.39, 0.29) is 24.4 Å². The fraction of sp³-hybridized carbons (Fsp3) is 0.324. The maximum atomic E-state index is 13.0. The lowest BCUT2D eigenvalue weighted by molar-refractivity contribution is 0.0734. The van der Waals surface area contributed by atoms with Crippen LogP contribution in [0, 0.1) is 0 Å². The van der Waals surface area contributed by atoms with Gasteiger partial charge in [-0.15, -0.1) is 0 Å². The van der Waals surface area contributed by atoms with Crippen LogP contribution in [0.2, 0.25) is 0 Å². The molecular weight excluding hydrogens is 558 g/mol. The molecule has 2 aliphatic rings. The number of aliphatic hydroxyl groups excluding tert-OH is 1. The minimum atomic E-state index is -0.747. The van der Waals surface area contributed by atoms with Crippen molar-refractivity contribution >= 4 is 11.8 Å². The third-order valence-corrected chi connectivity index (χ3v) is 8.52. The Balaban J connectivity index is 0.996. The molecule has 4 aromatic rings. The summed E-state index contributed by atoms with van der Waals surface area (Å²) in [4.78, 5) is 27.8. The predicted octanol–water partition coefficient (Wildman–Crippen LogP) is 3.01. The summed E-state index contributed by atoms with van der Waals surface area (Å²) in [6.45, 7) is 2.26. The lowest BCUT2D eigenvalue weighted by Crippen LogP contribution is -2.49. The summed E-state index contributed by atoms with van der Waals surface area (Å²) < 4.78 is 12.9. The van der Waals surface area contributed by atoms with Crippen LogP contribution in [-0.2, 0) is 39.6 Å². The van der Waals surface area contributed by atoms with Gasteiger partial charge in [0.25, 0.3) is 11.8 Å². The number of carbonyl (C=O) groups is 2. The number of nitrogens with zero attached hydrogens (tertiary/aromatic N) is 3. The second kappa shape index (κ2) is 12.9. The fourth-order valence-electron chi connectivity index (χ4n) is 5.80. The smallest absolute Gasteiger partial charge is 0.254 e. The number of aromatic nitrogens is 2. The lowest BCUT2D eigenvalue weighted by atomic mass is 9.92. The number of carbonyl (C=O) groups excluding carboxylic acids is 2. The summed E-state index contributed by atoms with van der Waals surface area (Å²) in [6.07, 6.45) is 2.32. The minimum absolute atomic E-state index is 0.0254. The van der Waals surface area contributed by atoms with Crippen LogP contribution in [-0.4, -0.2) is 63.9 Å². The molecule has 44 heavy (non-hydrogen) atoms. The van der Waals surface area contributed by atoms with Crippen molar-refractivity contribution in [1.82, 2.24) is 25.3 Å². The highest BCUT2D eigenvalue weighted by Crippen LogP contribution is 2.25. The fourth-order valence-corrected chi connectivity index (χ4v) is 5.80. The van der Waals surface area contributed by atoms with Crippen molar-refractivity contribution < 1.29 is 24.2 Å². The standard InChI is InChI=1S/C34H37N5O5/c1-38-28(11-13-37-38)21-44-30-10-7-23-17-31(35-18-27(23)16-30)32(40)19-36-33(41)25-3-4-26-20-39(14-12-24(26)15-25)34(42)22-5-8-29(43-2)9-6-22/h3-11,13,15-16,31-32,35,40H,12,14,17-21H2,1-2H3,(H,36,41)/t31-,32+/m0/s1. The lowest BCUT2D eigenvalue weighted by Gasteiger charge is -2.30. The second-order valence-corrected chi connectivity index (χ2v) is 11.3. The van der Waals surface area contributed by atoms with E-state index < -0.39 is 6.10 Å². The summed E-state index contributed by atoms with van der Waals surface area (Å²) in [5, 5.41) is 21.4. The van der Waals surface area contributed by atoms with E-state index in [1.807, 2.05) is 48.3 Å². The van der Waals surface area contributed by atoms with Gasteiger partial charge in [-0.1, -0.05) is 12.1 Å². The maximum Gasteiger partial charge on any atom is 0.254 e. The Bertz CT molecular complexity index is 1650. The predicted molar refractivity (Wildman–Crippen MR) is 165 cm³/mol. The average molecular weight is 596 g/mol. The van der Waals surface area contributed by atoms with E-state index in [9.17, 15) is 14.7 Å². The number of methoxy groups -OCH3 is 1. The molecule has 1 aromatic heterocycles. The van der Waals surface area contributed by atoms with Gasteiger partial charge < -0.3 is 30.1 Å². The van der Waals surface area contributed by atoms with Gasteiger partial charge in [0.1, 0.15) is 18.1 Å². The molecule has 3 heterocycles. The summed E-state index contributed by atoms with van der Waals surface area (Å²) in [5.74, 6) is 1.25. The van der Waals surface area contributed by atoms with Crippen LogP contribution in [0.1, 0.15) is 48.7 Å². The van der Waals surface area contributed by atoms with E-state index in [0.717, 1.165) is 33.7 Å². The number of nitrogens with one attached hydrogen (secondary N) is 2. The Kier molecular flexibility index (Phi) is 8.63. The van der Waals surface area contributed by atoms with E-state index in [4.69, 9.17) is 9.47 Å². The number of rotatable bonds is 9. The second-order valence-electron chi connectivity index (χ2n) is 11.3. The molecule has 0 saturated carbocycles. The average Bonchev–Trinajstić information content (AvgIpc) is 3.49. The number of hydrogen-bond acceptors (Lipinski definition) is 7. The zero-order valence-corrected chi connectivity index (χ0v) is 25.0. The van der Waals surface area contributed by atoms with Crippen LogP contribution >= 0.6 is 0 Å².